The largest absolute Gasteiger partial charge is 0.348 e. The zero-order valence-corrected chi connectivity index (χ0v) is 15.4. The smallest absolute Gasteiger partial charge is 0.251 e. The summed E-state index contributed by atoms with van der Waals surface area (Å²) in [7, 11) is -3.50. The SMILES string of the molecule is O=C(NCc1ccc(S(=O)(=O)N2CCCCC2)cc1)c1cc(F)cc(F)c1. The van der Waals surface area contributed by atoms with Gasteiger partial charge in [0.05, 0.1) is 4.90 Å². The van der Waals surface area contributed by atoms with Gasteiger partial charge in [-0.2, -0.15) is 4.31 Å². The minimum Gasteiger partial charge on any atom is -0.348 e. The van der Waals surface area contributed by atoms with Crippen LogP contribution in [0.25, 0.3) is 0 Å². The molecule has 1 amide bonds. The van der Waals surface area contributed by atoms with Crippen LogP contribution in [0, 0.1) is 11.6 Å². The first kappa shape index (κ1) is 19.4. The molecule has 0 spiro atoms. The molecule has 5 nitrogen and oxygen atoms in total. The highest BCUT2D eigenvalue weighted by Crippen LogP contribution is 2.21. The second kappa shape index (κ2) is 8.14. The predicted molar refractivity (Wildman–Crippen MR) is 96.6 cm³/mol. The van der Waals surface area contributed by atoms with Crippen LogP contribution in [0.3, 0.4) is 0 Å². The lowest BCUT2D eigenvalue weighted by Crippen LogP contribution is -2.35. The molecule has 1 N–H and O–H groups in total. The maximum atomic E-state index is 13.2. The van der Waals surface area contributed by atoms with Crippen molar-refractivity contribution in [1.82, 2.24) is 9.62 Å². The fourth-order valence-electron chi connectivity index (χ4n) is 3.00. The number of halogens is 2. The highest BCUT2D eigenvalue weighted by atomic mass is 32.2. The van der Waals surface area contributed by atoms with Gasteiger partial charge in [0.2, 0.25) is 10.0 Å². The average molecular weight is 394 g/mol. The molecule has 8 heteroatoms. The summed E-state index contributed by atoms with van der Waals surface area (Å²) >= 11 is 0. The van der Waals surface area contributed by atoms with E-state index in [0.29, 0.717) is 24.7 Å². The quantitative estimate of drug-likeness (QED) is 0.848. The molecule has 0 saturated carbocycles. The molecule has 1 aliphatic rings. The minimum absolute atomic E-state index is 0.112. The number of carbonyl (C=O) groups is 1. The Bertz CT molecular complexity index is 904. The lowest BCUT2D eigenvalue weighted by Gasteiger charge is -2.25. The Hall–Kier alpha value is -2.32. The standard InChI is InChI=1S/C19H20F2N2O3S/c20-16-10-15(11-17(21)12-16)19(24)22-13-14-4-6-18(7-5-14)27(25,26)23-8-2-1-3-9-23/h4-7,10-12H,1-3,8-9,13H2,(H,22,24). The molecule has 0 radical (unpaired) electrons. The second-order valence-corrected chi connectivity index (χ2v) is 8.39. The van der Waals surface area contributed by atoms with Crippen LogP contribution >= 0.6 is 0 Å². The molecule has 3 rings (SSSR count). The van der Waals surface area contributed by atoms with Crippen molar-refractivity contribution in [3.8, 4) is 0 Å². The van der Waals surface area contributed by atoms with Crippen molar-refractivity contribution in [3.05, 3.63) is 65.2 Å². The molecule has 2 aromatic carbocycles. The van der Waals surface area contributed by atoms with Gasteiger partial charge in [-0.25, -0.2) is 17.2 Å². The summed E-state index contributed by atoms with van der Waals surface area (Å²) in [6.07, 6.45) is 2.77. The number of hydrogen-bond acceptors (Lipinski definition) is 3. The first-order valence-electron chi connectivity index (χ1n) is 8.70. The van der Waals surface area contributed by atoms with Crippen molar-refractivity contribution in [2.75, 3.05) is 13.1 Å². The van der Waals surface area contributed by atoms with Gasteiger partial charge in [0.25, 0.3) is 5.91 Å². The molecular weight excluding hydrogens is 374 g/mol. The molecule has 144 valence electrons. The van der Waals surface area contributed by atoms with Gasteiger partial charge >= 0.3 is 0 Å². The van der Waals surface area contributed by atoms with Crippen molar-refractivity contribution in [2.24, 2.45) is 0 Å². The van der Waals surface area contributed by atoms with Gasteiger partial charge in [-0.3, -0.25) is 4.79 Å². The number of amides is 1. The van der Waals surface area contributed by atoms with E-state index in [0.717, 1.165) is 31.4 Å². The molecular formula is C19H20F2N2O3S. The highest BCUT2D eigenvalue weighted by Gasteiger charge is 2.25. The van der Waals surface area contributed by atoms with Crippen LogP contribution in [0.1, 0.15) is 35.2 Å². The number of rotatable bonds is 5. The molecule has 0 aliphatic carbocycles. The topological polar surface area (TPSA) is 66.5 Å². The van der Waals surface area contributed by atoms with Crippen LogP contribution in [-0.2, 0) is 16.6 Å². The third-order valence-corrected chi connectivity index (χ3v) is 6.37. The van der Waals surface area contributed by atoms with E-state index in [2.05, 4.69) is 5.32 Å². The predicted octanol–water partition coefficient (Wildman–Crippen LogP) is 3.07. The molecule has 0 atom stereocenters. The van der Waals surface area contributed by atoms with Crippen molar-refractivity contribution in [1.29, 1.82) is 0 Å². The molecule has 1 aliphatic heterocycles. The lowest BCUT2D eigenvalue weighted by atomic mass is 10.2. The Morgan fingerprint density at radius 1 is 0.963 bits per heavy atom. The minimum atomic E-state index is -3.50. The molecule has 0 aromatic heterocycles. The van der Waals surface area contributed by atoms with Gasteiger partial charge in [-0.1, -0.05) is 18.6 Å². The molecule has 1 heterocycles. The fourth-order valence-corrected chi connectivity index (χ4v) is 4.52. The number of benzene rings is 2. The van der Waals surface area contributed by atoms with Gasteiger partial charge in [0.15, 0.2) is 0 Å². The number of nitrogens with one attached hydrogen (secondary N) is 1. The molecule has 1 fully saturated rings. The van der Waals surface area contributed by atoms with E-state index in [1.807, 2.05) is 0 Å². The molecule has 2 aromatic rings. The van der Waals surface area contributed by atoms with Gasteiger partial charge in [0, 0.05) is 31.3 Å². The van der Waals surface area contributed by atoms with Crippen molar-refractivity contribution in [3.63, 3.8) is 0 Å². The maximum absolute atomic E-state index is 13.2. The van der Waals surface area contributed by atoms with Gasteiger partial charge in [0.1, 0.15) is 11.6 Å². The van der Waals surface area contributed by atoms with Crippen LogP contribution in [0.2, 0.25) is 0 Å². The number of piperidine rings is 1. The summed E-state index contributed by atoms with van der Waals surface area (Å²) in [4.78, 5) is 12.2. The first-order chi connectivity index (χ1) is 12.9. The van der Waals surface area contributed by atoms with E-state index >= 15 is 0 Å². The van der Waals surface area contributed by atoms with Gasteiger partial charge in [-0.15, -0.1) is 0 Å². The van der Waals surface area contributed by atoms with E-state index in [1.54, 1.807) is 12.1 Å². The van der Waals surface area contributed by atoms with E-state index in [9.17, 15) is 22.0 Å². The zero-order valence-electron chi connectivity index (χ0n) is 14.6. The number of nitrogens with zero attached hydrogens (tertiary/aromatic N) is 1. The van der Waals surface area contributed by atoms with Crippen LogP contribution in [0.5, 0.6) is 0 Å². The van der Waals surface area contributed by atoms with Crippen molar-refractivity contribution in [2.45, 2.75) is 30.7 Å². The van der Waals surface area contributed by atoms with Gasteiger partial charge in [-0.05, 0) is 42.7 Å². The number of hydrogen-bond donors (Lipinski definition) is 1. The summed E-state index contributed by atoms with van der Waals surface area (Å²) in [6, 6.07) is 8.84. The fraction of sp³-hybridized carbons (Fsp3) is 0.316. The Morgan fingerprint density at radius 3 is 2.15 bits per heavy atom. The normalized spacial score (nSPS) is 15.5. The number of sulfonamides is 1. The van der Waals surface area contributed by atoms with Crippen molar-refractivity contribution < 1.29 is 22.0 Å². The molecule has 27 heavy (non-hydrogen) atoms. The lowest BCUT2D eigenvalue weighted by molar-refractivity contribution is 0.0950. The maximum Gasteiger partial charge on any atom is 0.251 e. The monoisotopic (exact) mass is 394 g/mol. The number of carbonyl (C=O) groups excluding carboxylic acids is 1. The summed E-state index contributed by atoms with van der Waals surface area (Å²) in [5.41, 5.74) is 0.564. The summed E-state index contributed by atoms with van der Waals surface area (Å²) in [6.45, 7) is 1.18. The second-order valence-electron chi connectivity index (χ2n) is 6.45. The van der Waals surface area contributed by atoms with Crippen LogP contribution < -0.4 is 5.32 Å². The molecule has 0 unspecified atom stereocenters. The summed E-state index contributed by atoms with van der Waals surface area (Å²) < 4.78 is 53.0. The van der Waals surface area contributed by atoms with Crippen LogP contribution in [-0.4, -0.2) is 31.7 Å². The third-order valence-electron chi connectivity index (χ3n) is 4.45. The first-order valence-corrected chi connectivity index (χ1v) is 10.1. The molecule has 0 bridgehead atoms. The Morgan fingerprint density at radius 2 is 1.56 bits per heavy atom. The Balaban J connectivity index is 1.64. The van der Waals surface area contributed by atoms with Gasteiger partial charge < -0.3 is 5.32 Å². The summed E-state index contributed by atoms with van der Waals surface area (Å²) in [5, 5.41) is 2.56. The van der Waals surface area contributed by atoms with E-state index in [-0.39, 0.29) is 17.0 Å². The van der Waals surface area contributed by atoms with Crippen LogP contribution in [0.15, 0.2) is 47.4 Å². The average Bonchev–Trinajstić information content (AvgIpc) is 2.66. The zero-order chi connectivity index (χ0) is 19.4. The highest BCUT2D eigenvalue weighted by molar-refractivity contribution is 7.89. The van der Waals surface area contributed by atoms with Crippen LogP contribution in [0.4, 0.5) is 8.78 Å². The Labute approximate surface area is 157 Å². The third kappa shape index (κ3) is 4.70. The van der Waals surface area contributed by atoms with E-state index in [4.69, 9.17) is 0 Å². The molecule has 1 saturated heterocycles. The van der Waals surface area contributed by atoms with E-state index in [1.165, 1.54) is 16.4 Å². The Kier molecular flexibility index (Phi) is 5.86. The van der Waals surface area contributed by atoms with E-state index < -0.39 is 27.6 Å². The summed E-state index contributed by atoms with van der Waals surface area (Å²) in [5.74, 6) is -2.27. The van der Waals surface area contributed by atoms with Crippen molar-refractivity contribution >= 4 is 15.9 Å².